The van der Waals surface area contributed by atoms with E-state index in [9.17, 15) is 4.79 Å². The van der Waals surface area contributed by atoms with Crippen LogP contribution < -0.4 is 5.32 Å². The fraction of sp³-hybridized carbons (Fsp3) is 0.773. The number of aryl methyl sites for hydroxylation is 1. The lowest BCUT2D eigenvalue weighted by Crippen LogP contribution is -2.49. The molecule has 2 atom stereocenters. The average Bonchev–Trinajstić information content (AvgIpc) is 3.17. The van der Waals surface area contributed by atoms with Crippen LogP contribution in [0.4, 0.5) is 4.79 Å². The maximum Gasteiger partial charge on any atom is 0.410 e. The Morgan fingerprint density at radius 3 is 2.81 bits per heavy atom. The molecule has 0 radical (unpaired) electrons. The molecule has 0 spiro atoms. The van der Waals surface area contributed by atoms with Gasteiger partial charge in [0.1, 0.15) is 11.7 Å². The van der Waals surface area contributed by atoms with Crippen molar-refractivity contribution < 1.29 is 14.3 Å². The maximum atomic E-state index is 12.4. The Labute approximate surface area is 185 Å². The molecule has 1 aromatic heterocycles. The van der Waals surface area contributed by atoms with Crippen molar-refractivity contribution in [3.8, 4) is 0 Å². The first kappa shape index (κ1) is 23.4. The van der Waals surface area contributed by atoms with E-state index in [1.807, 2.05) is 52.2 Å². The van der Waals surface area contributed by atoms with Crippen molar-refractivity contribution in [1.29, 1.82) is 0 Å². The van der Waals surface area contributed by atoms with E-state index in [2.05, 4.69) is 20.3 Å². The van der Waals surface area contributed by atoms with Gasteiger partial charge in [-0.3, -0.25) is 9.67 Å². The summed E-state index contributed by atoms with van der Waals surface area (Å²) in [5.41, 5.74) is 0.635. The van der Waals surface area contributed by atoms with E-state index in [0.29, 0.717) is 12.5 Å². The molecule has 1 amide bonds. The Morgan fingerprint density at radius 2 is 2.13 bits per heavy atom. The maximum absolute atomic E-state index is 12.4. The number of guanidine groups is 1. The normalized spacial score (nSPS) is 23.1. The van der Waals surface area contributed by atoms with Crippen molar-refractivity contribution in [2.24, 2.45) is 18.0 Å². The molecular weight excluding hydrogens is 396 g/mol. The predicted molar refractivity (Wildman–Crippen MR) is 120 cm³/mol. The number of ether oxygens (including phenoxy) is 2. The predicted octanol–water partition coefficient (Wildman–Crippen LogP) is 2.41. The fourth-order valence-electron chi connectivity index (χ4n) is 4.16. The lowest BCUT2D eigenvalue weighted by atomic mass is 9.95. The van der Waals surface area contributed by atoms with E-state index in [0.717, 1.165) is 63.5 Å². The molecule has 2 unspecified atom stereocenters. The van der Waals surface area contributed by atoms with Gasteiger partial charge in [-0.25, -0.2) is 4.79 Å². The number of carbonyl (C=O) groups excluding carboxylic acids is 1. The van der Waals surface area contributed by atoms with Crippen LogP contribution in [0.15, 0.2) is 17.4 Å². The first-order valence-electron chi connectivity index (χ1n) is 11.3. The zero-order valence-corrected chi connectivity index (χ0v) is 19.6. The van der Waals surface area contributed by atoms with Crippen molar-refractivity contribution in [3.05, 3.63) is 18.0 Å². The SMILES string of the molecule is CN=C(NCCC1CCCN(C(=O)OC(C)(C)C)C1)N1CCOC(c2cnn(C)c2)C1. The molecule has 2 aliphatic heterocycles. The first-order valence-corrected chi connectivity index (χ1v) is 11.3. The summed E-state index contributed by atoms with van der Waals surface area (Å²) in [5, 5.41) is 7.77. The van der Waals surface area contributed by atoms with Crippen LogP contribution in [-0.4, -0.2) is 83.6 Å². The van der Waals surface area contributed by atoms with Crippen molar-refractivity contribution in [1.82, 2.24) is 24.9 Å². The number of nitrogens with one attached hydrogen (secondary N) is 1. The van der Waals surface area contributed by atoms with Crippen LogP contribution in [-0.2, 0) is 16.5 Å². The molecule has 0 aliphatic carbocycles. The first-order chi connectivity index (χ1) is 14.7. The summed E-state index contributed by atoms with van der Waals surface area (Å²) < 4.78 is 13.3. The van der Waals surface area contributed by atoms with Crippen LogP contribution in [0.1, 0.15) is 51.7 Å². The van der Waals surface area contributed by atoms with E-state index in [4.69, 9.17) is 9.47 Å². The number of aromatic nitrogens is 2. The number of hydrogen-bond donors (Lipinski definition) is 1. The summed E-state index contributed by atoms with van der Waals surface area (Å²) >= 11 is 0. The van der Waals surface area contributed by atoms with Gasteiger partial charge in [0.15, 0.2) is 5.96 Å². The zero-order chi connectivity index (χ0) is 22.4. The molecule has 0 saturated carbocycles. The molecule has 9 heteroatoms. The number of rotatable bonds is 4. The average molecular weight is 435 g/mol. The van der Waals surface area contributed by atoms with Gasteiger partial charge in [-0.05, 0) is 46.0 Å². The molecule has 2 aliphatic rings. The molecule has 0 bridgehead atoms. The molecule has 2 saturated heterocycles. The minimum Gasteiger partial charge on any atom is -0.444 e. The molecule has 1 aromatic rings. The van der Waals surface area contributed by atoms with Gasteiger partial charge in [-0.15, -0.1) is 0 Å². The Kier molecular flexibility index (Phi) is 7.80. The molecule has 31 heavy (non-hydrogen) atoms. The highest BCUT2D eigenvalue weighted by atomic mass is 16.6. The minimum atomic E-state index is -0.454. The van der Waals surface area contributed by atoms with Gasteiger partial charge in [-0.1, -0.05) is 0 Å². The minimum absolute atomic E-state index is 0.00160. The summed E-state index contributed by atoms with van der Waals surface area (Å²) in [6.45, 7) is 10.3. The van der Waals surface area contributed by atoms with Gasteiger partial charge in [0.05, 0.1) is 19.3 Å². The number of hydrogen-bond acceptors (Lipinski definition) is 5. The number of nitrogens with zero attached hydrogens (tertiary/aromatic N) is 5. The zero-order valence-electron chi connectivity index (χ0n) is 19.6. The molecule has 9 nitrogen and oxygen atoms in total. The molecule has 3 heterocycles. The van der Waals surface area contributed by atoms with Crippen LogP contribution in [0.2, 0.25) is 0 Å². The molecule has 3 rings (SSSR count). The Balaban J connectivity index is 1.46. The standard InChI is InChI=1S/C22H38N6O3/c1-22(2,3)31-21(29)28-10-6-7-17(14-28)8-9-24-20(23-4)27-11-12-30-19(16-27)18-13-25-26(5)15-18/h13,15,17,19H,6-12,14,16H2,1-5H3,(H,23,24). The van der Waals surface area contributed by atoms with Gasteiger partial charge in [0.2, 0.25) is 0 Å². The largest absolute Gasteiger partial charge is 0.444 e. The van der Waals surface area contributed by atoms with Crippen molar-refractivity contribution >= 4 is 12.1 Å². The van der Waals surface area contributed by atoms with Gasteiger partial charge in [0.25, 0.3) is 0 Å². The highest BCUT2D eigenvalue weighted by Gasteiger charge is 2.28. The molecule has 1 N–H and O–H groups in total. The van der Waals surface area contributed by atoms with Crippen LogP contribution in [0, 0.1) is 5.92 Å². The van der Waals surface area contributed by atoms with Crippen molar-refractivity contribution in [2.45, 2.75) is 51.7 Å². The monoisotopic (exact) mass is 434 g/mol. The topological polar surface area (TPSA) is 84.2 Å². The Bertz CT molecular complexity index is 757. The van der Waals surface area contributed by atoms with Crippen molar-refractivity contribution in [3.63, 3.8) is 0 Å². The van der Waals surface area contributed by atoms with Crippen LogP contribution in [0.25, 0.3) is 0 Å². The quantitative estimate of drug-likeness (QED) is 0.579. The highest BCUT2D eigenvalue weighted by molar-refractivity contribution is 5.80. The second-order valence-corrected chi connectivity index (χ2v) is 9.45. The third-order valence-corrected chi connectivity index (χ3v) is 5.68. The summed E-state index contributed by atoms with van der Waals surface area (Å²) in [6.07, 6.45) is 6.83. The van der Waals surface area contributed by atoms with Crippen LogP contribution in [0.5, 0.6) is 0 Å². The third kappa shape index (κ3) is 6.85. The van der Waals surface area contributed by atoms with E-state index in [1.165, 1.54) is 0 Å². The number of morpholine rings is 1. The van der Waals surface area contributed by atoms with Crippen LogP contribution >= 0.6 is 0 Å². The van der Waals surface area contributed by atoms with Gasteiger partial charge < -0.3 is 24.6 Å². The molecular formula is C22H38N6O3. The summed E-state index contributed by atoms with van der Waals surface area (Å²) in [4.78, 5) is 21.0. The van der Waals surface area contributed by atoms with Crippen LogP contribution in [0.3, 0.4) is 0 Å². The number of aliphatic imine (C=N–C) groups is 1. The van der Waals surface area contributed by atoms with Gasteiger partial charge >= 0.3 is 6.09 Å². The molecule has 0 aromatic carbocycles. The number of piperidine rings is 1. The van der Waals surface area contributed by atoms with E-state index in [-0.39, 0.29) is 12.2 Å². The smallest absolute Gasteiger partial charge is 0.410 e. The number of likely N-dealkylation sites (tertiary alicyclic amines) is 1. The highest BCUT2D eigenvalue weighted by Crippen LogP contribution is 2.23. The van der Waals surface area contributed by atoms with E-state index in [1.54, 1.807) is 4.68 Å². The Morgan fingerprint density at radius 1 is 1.32 bits per heavy atom. The lowest BCUT2D eigenvalue weighted by molar-refractivity contribution is -0.00805. The van der Waals surface area contributed by atoms with E-state index < -0.39 is 5.60 Å². The van der Waals surface area contributed by atoms with Crippen molar-refractivity contribution in [2.75, 3.05) is 46.4 Å². The molecule has 174 valence electrons. The summed E-state index contributed by atoms with van der Waals surface area (Å²) in [6, 6.07) is 0. The second kappa shape index (κ2) is 10.3. The number of carbonyl (C=O) groups is 1. The fourth-order valence-corrected chi connectivity index (χ4v) is 4.16. The summed E-state index contributed by atoms with van der Waals surface area (Å²) in [5.74, 6) is 1.37. The van der Waals surface area contributed by atoms with E-state index >= 15 is 0 Å². The summed E-state index contributed by atoms with van der Waals surface area (Å²) in [7, 11) is 3.74. The lowest BCUT2D eigenvalue weighted by Gasteiger charge is -2.36. The Hall–Kier alpha value is -2.29. The van der Waals surface area contributed by atoms with Gasteiger partial charge in [-0.2, -0.15) is 5.10 Å². The second-order valence-electron chi connectivity index (χ2n) is 9.45. The molecule has 2 fully saturated rings. The number of amides is 1. The third-order valence-electron chi connectivity index (χ3n) is 5.68. The van der Waals surface area contributed by atoms with Gasteiger partial charge in [0, 0.05) is 52.0 Å².